The highest BCUT2D eigenvalue weighted by Gasteiger charge is 2.17. The topological polar surface area (TPSA) is 91.1 Å². The van der Waals surface area contributed by atoms with Gasteiger partial charge in [-0.25, -0.2) is 0 Å². The monoisotopic (exact) mass is 494 g/mol. The first-order chi connectivity index (χ1) is 15.2. The van der Waals surface area contributed by atoms with Crippen LogP contribution in [-0.2, 0) is 12.3 Å². The zero-order valence-electron chi connectivity index (χ0n) is 16.1. The number of aromatic nitrogens is 6. The smallest absolute Gasteiger partial charge is 0.263 e. The number of fused-ring (bicyclic) bond motifs is 3. The van der Waals surface area contributed by atoms with Gasteiger partial charge in [-0.2, -0.15) is 4.98 Å². The summed E-state index contributed by atoms with van der Waals surface area (Å²) in [5.41, 5.74) is 1.49. The molecule has 0 radical (unpaired) electrons. The van der Waals surface area contributed by atoms with Crippen molar-refractivity contribution in [3.8, 4) is 11.4 Å². The predicted molar refractivity (Wildman–Crippen MR) is 122 cm³/mol. The Balaban J connectivity index is 1.51. The lowest BCUT2D eigenvalue weighted by Gasteiger charge is -2.09. The molecule has 0 N–H and O–H groups in total. The van der Waals surface area contributed by atoms with E-state index in [1.54, 1.807) is 16.7 Å². The van der Waals surface area contributed by atoms with Crippen LogP contribution in [0.1, 0.15) is 5.89 Å². The van der Waals surface area contributed by atoms with Crippen LogP contribution in [0.4, 0.5) is 0 Å². The molecule has 0 atom stereocenters. The fourth-order valence-electron chi connectivity index (χ4n) is 3.31. The minimum atomic E-state index is -0.123. The molecule has 2 aromatic carbocycles. The second-order valence-corrected chi connectivity index (χ2v) is 8.51. The van der Waals surface area contributed by atoms with E-state index >= 15 is 0 Å². The number of para-hydroxylation sites is 1. The molecule has 0 bridgehead atoms. The fraction of sp³-hybridized carbons (Fsp3) is 0.0952. The van der Waals surface area contributed by atoms with Gasteiger partial charge in [0.25, 0.3) is 5.56 Å². The number of thioether (sulfide) groups is 1. The van der Waals surface area contributed by atoms with E-state index in [0.717, 1.165) is 15.6 Å². The average Bonchev–Trinajstić information content (AvgIpc) is 3.42. The van der Waals surface area contributed by atoms with Gasteiger partial charge in [-0.3, -0.25) is 13.8 Å². The number of nitrogens with zero attached hydrogens (tertiary/aromatic N) is 6. The van der Waals surface area contributed by atoms with Crippen molar-refractivity contribution in [3.63, 3.8) is 0 Å². The zero-order valence-corrected chi connectivity index (χ0v) is 18.5. The number of allylic oxidation sites excluding steroid dienone is 1. The molecule has 0 aliphatic heterocycles. The summed E-state index contributed by atoms with van der Waals surface area (Å²) in [7, 11) is 0. The average molecular weight is 495 g/mol. The molecule has 10 heteroatoms. The Kier molecular flexibility index (Phi) is 5.16. The highest BCUT2D eigenvalue weighted by Crippen LogP contribution is 2.26. The van der Waals surface area contributed by atoms with Gasteiger partial charge >= 0.3 is 0 Å². The maximum absolute atomic E-state index is 12.9. The third-order valence-electron chi connectivity index (χ3n) is 4.67. The molecule has 0 aliphatic rings. The van der Waals surface area contributed by atoms with Crippen molar-refractivity contribution < 1.29 is 4.52 Å². The van der Waals surface area contributed by atoms with E-state index in [1.165, 1.54) is 11.8 Å². The van der Waals surface area contributed by atoms with Crippen molar-refractivity contribution in [3.05, 3.63) is 81.9 Å². The Bertz CT molecular complexity index is 1490. The highest BCUT2D eigenvalue weighted by atomic mass is 79.9. The van der Waals surface area contributed by atoms with E-state index in [2.05, 4.69) is 42.8 Å². The first-order valence-corrected chi connectivity index (χ1v) is 11.1. The number of benzene rings is 2. The van der Waals surface area contributed by atoms with Crippen LogP contribution in [0.5, 0.6) is 0 Å². The van der Waals surface area contributed by atoms with Crippen molar-refractivity contribution in [2.24, 2.45) is 0 Å². The van der Waals surface area contributed by atoms with Crippen LogP contribution >= 0.6 is 27.7 Å². The molecule has 0 amide bonds. The van der Waals surface area contributed by atoms with Crippen LogP contribution in [0, 0.1) is 0 Å². The van der Waals surface area contributed by atoms with Gasteiger partial charge in [-0.05, 0) is 24.3 Å². The lowest BCUT2D eigenvalue weighted by molar-refractivity contribution is 0.391. The maximum atomic E-state index is 12.9. The molecule has 0 saturated carbocycles. The molecule has 5 aromatic rings. The van der Waals surface area contributed by atoms with Crippen molar-refractivity contribution in [1.29, 1.82) is 0 Å². The molecular weight excluding hydrogens is 480 g/mol. The minimum absolute atomic E-state index is 0.123. The Hall–Kier alpha value is -3.24. The van der Waals surface area contributed by atoms with E-state index in [4.69, 9.17) is 4.52 Å². The highest BCUT2D eigenvalue weighted by molar-refractivity contribution is 9.10. The van der Waals surface area contributed by atoms with E-state index in [9.17, 15) is 4.79 Å². The van der Waals surface area contributed by atoms with Gasteiger partial charge in [-0.1, -0.05) is 63.2 Å². The van der Waals surface area contributed by atoms with Crippen LogP contribution < -0.4 is 5.56 Å². The van der Waals surface area contributed by atoms with E-state index in [-0.39, 0.29) is 5.56 Å². The van der Waals surface area contributed by atoms with E-state index in [1.807, 2.05) is 46.9 Å². The Morgan fingerprint density at radius 2 is 2.03 bits per heavy atom. The molecule has 0 aliphatic carbocycles. The molecule has 3 heterocycles. The summed E-state index contributed by atoms with van der Waals surface area (Å²) in [5.74, 6) is 1.87. The van der Waals surface area contributed by atoms with Gasteiger partial charge in [0.1, 0.15) is 0 Å². The van der Waals surface area contributed by atoms with E-state index < -0.39 is 0 Å². The molecule has 8 nitrogen and oxygen atoms in total. The van der Waals surface area contributed by atoms with Crippen LogP contribution in [0.2, 0.25) is 0 Å². The third kappa shape index (κ3) is 3.57. The maximum Gasteiger partial charge on any atom is 0.263 e. The van der Waals surface area contributed by atoms with Crippen molar-refractivity contribution >= 4 is 44.4 Å². The summed E-state index contributed by atoms with van der Waals surface area (Å²) in [6.07, 6.45) is 1.67. The summed E-state index contributed by atoms with van der Waals surface area (Å²) in [5, 5.41) is 13.9. The molecule has 0 fully saturated rings. The summed E-state index contributed by atoms with van der Waals surface area (Å²) in [6, 6.07) is 15.1. The standard InChI is InChI=1S/C21H15BrN6O2S/c1-2-10-27-19(29)15-8-3-4-9-16(15)28-20(27)24-25-21(28)31-12-17-23-18(26-30-17)13-6-5-7-14(22)11-13/h2-9,11H,1,10,12H2. The lowest BCUT2D eigenvalue weighted by Crippen LogP contribution is -2.22. The van der Waals surface area contributed by atoms with Crippen LogP contribution in [0.15, 0.2) is 80.1 Å². The Morgan fingerprint density at radius 1 is 1.16 bits per heavy atom. The van der Waals surface area contributed by atoms with Crippen LogP contribution in [-0.4, -0.2) is 29.3 Å². The minimum Gasteiger partial charge on any atom is -0.338 e. The largest absolute Gasteiger partial charge is 0.338 e. The molecule has 31 heavy (non-hydrogen) atoms. The van der Waals surface area contributed by atoms with Gasteiger partial charge < -0.3 is 4.52 Å². The predicted octanol–water partition coefficient (Wildman–Crippen LogP) is 4.34. The summed E-state index contributed by atoms with van der Waals surface area (Å²) < 4.78 is 9.79. The normalized spacial score (nSPS) is 11.4. The summed E-state index contributed by atoms with van der Waals surface area (Å²) >= 11 is 4.86. The zero-order chi connectivity index (χ0) is 21.4. The second-order valence-electron chi connectivity index (χ2n) is 6.65. The van der Waals surface area contributed by atoms with E-state index in [0.29, 0.717) is 40.3 Å². The summed E-state index contributed by atoms with van der Waals surface area (Å²) in [4.78, 5) is 17.4. The molecule has 154 valence electrons. The molecular formula is C21H15BrN6O2S. The first-order valence-electron chi connectivity index (χ1n) is 9.34. The third-order valence-corrected chi connectivity index (χ3v) is 6.07. The number of halogens is 1. The van der Waals surface area contributed by atoms with Crippen LogP contribution in [0.3, 0.4) is 0 Å². The van der Waals surface area contributed by atoms with Gasteiger partial charge in [0, 0.05) is 16.6 Å². The number of hydrogen-bond donors (Lipinski definition) is 0. The van der Waals surface area contributed by atoms with Crippen molar-refractivity contribution in [1.82, 2.24) is 29.3 Å². The van der Waals surface area contributed by atoms with Crippen molar-refractivity contribution in [2.45, 2.75) is 17.5 Å². The summed E-state index contributed by atoms with van der Waals surface area (Å²) in [6.45, 7) is 4.09. The first kappa shape index (κ1) is 19.7. The molecule has 0 saturated heterocycles. The lowest BCUT2D eigenvalue weighted by atomic mass is 10.2. The van der Waals surface area contributed by atoms with Crippen LogP contribution in [0.25, 0.3) is 28.1 Å². The quantitative estimate of drug-likeness (QED) is 0.256. The van der Waals surface area contributed by atoms with Gasteiger partial charge in [0.2, 0.25) is 17.5 Å². The van der Waals surface area contributed by atoms with Gasteiger partial charge in [0.15, 0.2) is 5.16 Å². The Morgan fingerprint density at radius 3 is 2.87 bits per heavy atom. The molecule has 0 unspecified atom stereocenters. The fourth-order valence-corrected chi connectivity index (χ4v) is 4.48. The van der Waals surface area contributed by atoms with Gasteiger partial charge in [0.05, 0.1) is 16.7 Å². The molecule has 5 rings (SSSR count). The SMILES string of the molecule is C=CCn1c(=O)c2ccccc2n2c(SCc3nc(-c4cccc(Br)c4)no3)nnc12. The van der Waals surface area contributed by atoms with Gasteiger partial charge in [-0.15, -0.1) is 16.8 Å². The molecule has 0 spiro atoms. The number of hydrogen-bond acceptors (Lipinski definition) is 7. The number of rotatable bonds is 6. The Labute approximate surface area is 188 Å². The molecule has 3 aromatic heterocycles. The van der Waals surface area contributed by atoms with Crippen molar-refractivity contribution in [2.75, 3.05) is 0 Å². The second kappa shape index (κ2) is 8.12.